The molecule has 0 saturated carbocycles. The van der Waals surface area contributed by atoms with Gasteiger partial charge >= 0.3 is 6.09 Å². The molecule has 9 nitrogen and oxygen atoms in total. The summed E-state index contributed by atoms with van der Waals surface area (Å²) < 4.78 is 16.4. The number of aromatic amines is 1. The Morgan fingerprint density at radius 2 is 2.03 bits per heavy atom. The molecule has 174 valence electrons. The van der Waals surface area contributed by atoms with Gasteiger partial charge in [0, 0.05) is 30.6 Å². The van der Waals surface area contributed by atoms with Crippen molar-refractivity contribution in [3.63, 3.8) is 0 Å². The average molecular weight is 445 g/mol. The minimum absolute atomic E-state index is 0.151. The fourth-order valence-electron chi connectivity index (χ4n) is 3.48. The van der Waals surface area contributed by atoms with E-state index in [0.29, 0.717) is 49.9 Å². The fraction of sp³-hybridized carbons (Fsp3) is 0.522. The van der Waals surface area contributed by atoms with Crippen LogP contribution in [-0.4, -0.2) is 53.0 Å². The number of carbonyl (C=O) groups is 2. The summed E-state index contributed by atoms with van der Waals surface area (Å²) in [4.78, 5) is 26.6. The standard InChI is InChI=1S/C23H32N4O5/c1-6-31-18-9-7-15(13-19(18)30-5)8-10-20(28)24-21-16-14-27(12-11-17(16)25-26-21)22(29)32-23(2,3)4/h7,9,13H,6,8,10-12,14H2,1-5H3,(H2,24,25,26,28). The number of carbonyl (C=O) groups excluding carboxylic acids is 2. The van der Waals surface area contributed by atoms with Gasteiger partial charge in [0.15, 0.2) is 17.3 Å². The van der Waals surface area contributed by atoms with Crippen LogP contribution in [0.1, 0.15) is 50.9 Å². The zero-order chi connectivity index (χ0) is 23.3. The van der Waals surface area contributed by atoms with Crippen molar-refractivity contribution in [2.45, 2.75) is 59.1 Å². The highest BCUT2D eigenvalue weighted by Crippen LogP contribution is 2.29. The smallest absolute Gasteiger partial charge is 0.410 e. The fourth-order valence-corrected chi connectivity index (χ4v) is 3.48. The van der Waals surface area contributed by atoms with Gasteiger partial charge in [0.05, 0.1) is 20.3 Å². The van der Waals surface area contributed by atoms with Gasteiger partial charge in [-0.3, -0.25) is 9.89 Å². The third-order valence-corrected chi connectivity index (χ3v) is 5.01. The van der Waals surface area contributed by atoms with E-state index in [1.165, 1.54) is 0 Å². The summed E-state index contributed by atoms with van der Waals surface area (Å²) in [6.07, 6.45) is 1.09. The summed E-state index contributed by atoms with van der Waals surface area (Å²) in [6.45, 7) is 8.86. The van der Waals surface area contributed by atoms with Crippen LogP contribution in [0, 0.1) is 0 Å². The molecule has 1 aromatic heterocycles. The second-order valence-corrected chi connectivity index (χ2v) is 8.65. The third kappa shape index (κ3) is 5.93. The molecule has 0 unspecified atom stereocenters. The molecule has 0 saturated heterocycles. The Balaban J connectivity index is 1.59. The number of hydrogen-bond acceptors (Lipinski definition) is 6. The Morgan fingerprint density at radius 1 is 1.25 bits per heavy atom. The van der Waals surface area contributed by atoms with Gasteiger partial charge in [-0.05, 0) is 51.8 Å². The number of nitrogens with one attached hydrogen (secondary N) is 2. The maximum atomic E-state index is 12.6. The number of H-pyrrole nitrogens is 1. The van der Waals surface area contributed by atoms with Crippen molar-refractivity contribution in [3.8, 4) is 11.5 Å². The molecular weight excluding hydrogens is 412 g/mol. The SMILES string of the molecule is CCOc1ccc(CCC(=O)Nc2n[nH]c3c2CN(C(=O)OC(C)(C)C)CC3)cc1OC. The molecule has 0 atom stereocenters. The van der Waals surface area contributed by atoms with Gasteiger partial charge in [0.1, 0.15) is 5.60 Å². The topological polar surface area (TPSA) is 106 Å². The molecule has 3 rings (SSSR count). The number of amides is 2. The summed E-state index contributed by atoms with van der Waals surface area (Å²) in [6, 6.07) is 5.66. The van der Waals surface area contributed by atoms with Crippen LogP contribution < -0.4 is 14.8 Å². The zero-order valence-corrected chi connectivity index (χ0v) is 19.4. The van der Waals surface area contributed by atoms with Crippen LogP contribution >= 0.6 is 0 Å². The predicted octanol–water partition coefficient (Wildman–Crippen LogP) is 3.68. The molecular formula is C23H32N4O5. The second-order valence-electron chi connectivity index (χ2n) is 8.65. The van der Waals surface area contributed by atoms with Crippen LogP contribution in [0.5, 0.6) is 11.5 Å². The highest BCUT2D eigenvalue weighted by atomic mass is 16.6. The summed E-state index contributed by atoms with van der Waals surface area (Å²) in [5.74, 6) is 1.64. The number of ether oxygens (including phenoxy) is 3. The van der Waals surface area contributed by atoms with Crippen molar-refractivity contribution in [2.75, 3.05) is 25.6 Å². The van der Waals surface area contributed by atoms with E-state index in [9.17, 15) is 9.59 Å². The highest BCUT2D eigenvalue weighted by Gasteiger charge is 2.29. The summed E-state index contributed by atoms with van der Waals surface area (Å²) in [5.41, 5.74) is 2.16. The zero-order valence-electron chi connectivity index (χ0n) is 19.4. The Hall–Kier alpha value is -3.23. The molecule has 2 N–H and O–H groups in total. The minimum Gasteiger partial charge on any atom is -0.493 e. The highest BCUT2D eigenvalue weighted by molar-refractivity contribution is 5.90. The van der Waals surface area contributed by atoms with Crippen molar-refractivity contribution in [1.82, 2.24) is 15.1 Å². The van der Waals surface area contributed by atoms with Crippen LogP contribution in [0.2, 0.25) is 0 Å². The summed E-state index contributed by atoms with van der Waals surface area (Å²) in [7, 11) is 1.59. The van der Waals surface area contributed by atoms with Crippen molar-refractivity contribution in [1.29, 1.82) is 0 Å². The second kappa shape index (κ2) is 9.93. The van der Waals surface area contributed by atoms with Gasteiger partial charge < -0.3 is 24.4 Å². The van der Waals surface area contributed by atoms with E-state index in [0.717, 1.165) is 16.8 Å². The van der Waals surface area contributed by atoms with E-state index in [1.54, 1.807) is 12.0 Å². The molecule has 1 aromatic carbocycles. The Bertz CT molecular complexity index is 964. The molecule has 2 heterocycles. The molecule has 0 bridgehead atoms. The van der Waals surface area contributed by atoms with E-state index >= 15 is 0 Å². The number of benzene rings is 1. The Labute approximate surface area is 188 Å². The van der Waals surface area contributed by atoms with Crippen molar-refractivity contribution >= 4 is 17.8 Å². The number of methoxy groups -OCH3 is 1. The van der Waals surface area contributed by atoms with E-state index in [-0.39, 0.29) is 18.4 Å². The van der Waals surface area contributed by atoms with Crippen LogP contribution in [0.4, 0.5) is 10.6 Å². The molecule has 32 heavy (non-hydrogen) atoms. The minimum atomic E-state index is -0.561. The molecule has 0 radical (unpaired) electrons. The van der Waals surface area contributed by atoms with Gasteiger partial charge in [-0.25, -0.2) is 4.79 Å². The monoisotopic (exact) mass is 444 g/mol. The molecule has 1 aliphatic rings. The molecule has 9 heteroatoms. The van der Waals surface area contributed by atoms with Gasteiger partial charge in [-0.1, -0.05) is 6.07 Å². The summed E-state index contributed by atoms with van der Waals surface area (Å²) >= 11 is 0. The van der Waals surface area contributed by atoms with Crippen molar-refractivity contribution < 1.29 is 23.8 Å². The number of aromatic nitrogens is 2. The van der Waals surface area contributed by atoms with Gasteiger partial charge in [0.2, 0.25) is 5.91 Å². The molecule has 0 fully saturated rings. The van der Waals surface area contributed by atoms with Gasteiger partial charge in [-0.15, -0.1) is 0 Å². The van der Waals surface area contributed by atoms with E-state index in [2.05, 4.69) is 15.5 Å². The molecule has 2 amide bonds. The van der Waals surface area contributed by atoms with E-state index in [4.69, 9.17) is 14.2 Å². The lowest BCUT2D eigenvalue weighted by Gasteiger charge is -2.30. The van der Waals surface area contributed by atoms with E-state index in [1.807, 2.05) is 45.9 Å². The largest absolute Gasteiger partial charge is 0.493 e. The lowest BCUT2D eigenvalue weighted by Crippen LogP contribution is -2.40. The first-order valence-electron chi connectivity index (χ1n) is 10.8. The maximum absolute atomic E-state index is 12.6. The average Bonchev–Trinajstić information content (AvgIpc) is 3.14. The lowest BCUT2D eigenvalue weighted by molar-refractivity contribution is -0.116. The van der Waals surface area contributed by atoms with Crippen LogP contribution in [-0.2, 0) is 28.9 Å². The quantitative estimate of drug-likeness (QED) is 0.675. The van der Waals surface area contributed by atoms with Crippen LogP contribution in [0.25, 0.3) is 0 Å². The molecule has 0 spiro atoms. The lowest BCUT2D eigenvalue weighted by atomic mass is 10.1. The summed E-state index contributed by atoms with van der Waals surface area (Å²) in [5, 5.41) is 10.1. The van der Waals surface area contributed by atoms with Crippen molar-refractivity contribution in [3.05, 3.63) is 35.0 Å². The van der Waals surface area contributed by atoms with Gasteiger partial charge in [-0.2, -0.15) is 5.10 Å². The molecule has 1 aliphatic heterocycles. The van der Waals surface area contributed by atoms with Crippen molar-refractivity contribution in [2.24, 2.45) is 0 Å². The van der Waals surface area contributed by atoms with Gasteiger partial charge in [0.25, 0.3) is 0 Å². The first kappa shape index (κ1) is 23.4. The van der Waals surface area contributed by atoms with E-state index < -0.39 is 5.60 Å². The maximum Gasteiger partial charge on any atom is 0.410 e. The number of hydrogen-bond donors (Lipinski definition) is 2. The first-order chi connectivity index (χ1) is 15.2. The number of nitrogens with zero attached hydrogens (tertiary/aromatic N) is 2. The number of anilines is 1. The first-order valence-corrected chi connectivity index (χ1v) is 10.8. The number of aryl methyl sites for hydroxylation is 1. The molecule has 2 aromatic rings. The third-order valence-electron chi connectivity index (χ3n) is 5.01. The Kier molecular flexibility index (Phi) is 7.27. The Morgan fingerprint density at radius 3 is 2.72 bits per heavy atom. The number of fused-ring (bicyclic) bond motifs is 1. The van der Waals surface area contributed by atoms with Crippen LogP contribution in [0.15, 0.2) is 18.2 Å². The molecule has 0 aliphatic carbocycles. The predicted molar refractivity (Wildman–Crippen MR) is 120 cm³/mol. The number of rotatable bonds is 7. The normalized spacial score (nSPS) is 13.3. The van der Waals surface area contributed by atoms with Crippen LogP contribution in [0.3, 0.4) is 0 Å².